The van der Waals surface area contributed by atoms with Gasteiger partial charge in [0.2, 0.25) is 5.43 Å². The average Bonchev–Trinajstić information content (AvgIpc) is 2.68. The van der Waals surface area contributed by atoms with Crippen molar-refractivity contribution in [2.75, 3.05) is 13.7 Å². The third-order valence-electron chi connectivity index (χ3n) is 3.99. The van der Waals surface area contributed by atoms with Crippen molar-refractivity contribution in [2.24, 2.45) is 0 Å². The molecule has 6 nitrogen and oxygen atoms in total. The molecule has 2 N–H and O–H groups in total. The molecule has 7 heteroatoms. The standard InChI is InChI=1S/C20H16ClN3O3/c1-24(12-13-7-9-15(21)10-8-13)20(27)18-19(26)16-6-2-4-14(5-3-11-25)17(16)22-23-18/h2,4,6-10,25H,11-12H2,1H3,(H,22,26). The molecule has 0 saturated carbocycles. The Morgan fingerprint density at radius 1 is 1.26 bits per heavy atom. The van der Waals surface area contributed by atoms with E-state index in [9.17, 15) is 9.59 Å². The second-order valence-electron chi connectivity index (χ2n) is 5.88. The molecule has 0 atom stereocenters. The Labute approximate surface area is 160 Å². The lowest BCUT2D eigenvalue weighted by atomic mass is 10.1. The molecule has 0 aliphatic rings. The van der Waals surface area contributed by atoms with E-state index in [2.05, 4.69) is 22.0 Å². The van der Waals surface area contributed by atoms with Gasteiger partial charge in [0.15, 0.2) is 5.69 Å². The third-order valence-corrected chi connectivity index (χ3v) is 4.24. The molecule has 1 heterocycles. The van der Waals surface area contributed by atoms with Crippen molar-refractivity contribution < 1.29 is 9.90 Å². The number of para-hydroxylation sites is 1. The fraction of sp³-hybridized carbons (Fsp3) is 0.150. The zero-order chi connectivity index (χ0) is 19.4. The van der Waals surface area contributed by atoms with Crippen LogP contribution in [-0.2, 0) is 6.54 Å². The fourth-order valence-corrected chi connectivity index (χ4v) is 2.78. The highest BCUT2D eigenvalue weighted by Crippen LogP contribution is 2.14. The molecule has 1 aromatic heterocycles. The van der Waals surface area contributed by atoms with E-state index in [0.29, 0.717) is 28.0 Å². The third kappa shape index (κ3) is 4.00. The number of aromatic amines is 1. The van der Waals surface area contributed by atoms with Crippen molar-refractivity contribution in [1.29, 1.82) is 0 Å². The smallest absolute Gasteiger partial charge is 0.278 e. The summed E-state index contributed by atoms with van der Waals surface area (Å²) in [6, 6.07) is 12.1. The van der Waals surface area contributed by atoms with E-state index in [-0.39, 0.29) is 12.3 Å². The molecular formula is C20H16ClN3O3. The number of aliphatic hydroxyl groups excluding tert-OH is 1. The minimum atomic E-state index is -0.486. The lowest BCUT2D eigenvalue weighted by Gasteiger charge is -2.16. The molecular weight excluding hydrogens is 366 g/mol. The van der Waals surface area contributed by atoms with Crippen LogP contribution in [0.4, 0.5) is 0 Å². The van der Waals surface area contributed by atoms with Gasteiger partial charge in [-0.3, -0.25) is 14.7 Å². The molecule has 0 fully saturated rings. The second-order valence-corrected chi connectivity index (χ2v) is 6.31. The lowest BCUT2D eigenvalue weighted by Crippen LogP contribution is -2.32. The molecule has 0 bridgehead atoms. The Bertz CT molecular complexity index is 1110. The van der Waals surface area contributed by atoms with Crippen molar-refractivity contribution in [1.82, 2.24) is 15.1 Å². The molecule has 3 aromatic rings. The van der Waals surface area contributed by atoms with Gasteiger partial charge in [-0.15, -0.1) is 0 Å². The van der Waals surface area contributed by atoms with E-state index in [1.54, 1.807) is 37.4 Å². The summed E-state index contributed by atoms with van der Waals surface area (Å²) in [6.45, 7) is 0.0251. The predicted octanol–water partition coefficient (Wildman–Crippen LogP) is 2.19. The maximum absolute atomic E-state index is 12.8. The molecule has 0 unspecified atom stereocenters. The topological polar surface area (TPSA) is 86.3 Å². The summed E-state index contributed by atoms with van der Waals surface area (Å²) in [5.41, 5.74) is 1.18. The van der Waals surface area contributed by atoms with Crippen LogP contribution >= 0.6 is 11.6 Å². The highest BCUT2D eigenvalue weighted by Gasteiger charge is 2.19. The fourth-order valence-electron chi connectivity index (χ4n) is 2.65. The number of benzene rings is 2. The zero-order valence-electron chi connectivity index (χ0n) is 14.5. The Kier molecular flexibility index (Phi) is 5.55. The molecule has 0 saturated heterocycles. The number of hydrogen-bond acceptors (Lipinski definition) is 4. The molecule has 2 aromatic carbocycles. The lowest BCUT2D eigenvalue weighted by molar-refractivity contribution is 0.0777. The molecule has 136 valence electrons. The quantitative estimate of drug-likeness (QED) is 0.681. The Morgan fingerprint density at radius 2 is 2.00 bits per heavy atom. The van der Waals surface area contributed by atoms with Crippen molar-refractivity contribution in [2.45, 2.75) is 6.54 Å². The maximum atomic E-state index is 12.8. The van der Waals surface area contributed by atoms with Gasteiger partial charge in [0.1, 0.15) is 6.61 Å². The molecule has 1 amide bonds. The summed E-state index contributed by atoms with van der Waals surface area (Å²) in [5.74, 6) is 4.80. The largest absolute Gasteiger partial charge is 0.384 e. The highest BCUT2D eigenvalue weighted by molar-refractivity contribution is 6.30. The predicted molar refractivity (Wildman–Crippen MR) is 104 cm³/mol. The number of nitrogens with one attached hydrogen (secondary N) is 1. The molecule has 0 radical (unpaired) electrons. The number of halogens is 1. The van der Waals surface area contributed by atoms with E-state index in [1.807, 2.05) is 12.1 Å². The van der Waals surface area contributed by atoms with E-state index >= 15 is 0 Å². The van der Waals surface area contributed by atoms with Gasteiger partial charge in [-0.1, -0.05) is 41.6 Å². The number of rotatable bonds is 3. The summed E-state index contributed by atoms with van der Waals surface area (Å²) >= 11 is 5.87. The number of aliphatic hydroxyl groups is 1. The average molecular weight is 382 g/mol. The molecule has 0 aliphatic carbocycles. The van der Waals surface area contributed by atoms with Crippen LogP contribution in [0.5, 0.6) is 0 Å². The van der Waals surface area contributed by atoms with E-state index in [0.717, 1.165) is 5.56 Å². The first-order chi connectivity index (χ1) is 13.0. The SMILES string of the molecule is CN(Cc1ccc(Cl)cc1)C(=O)c1n[nH]c2c(C#CCO)cccc2c1=O. The Morgan fingerprint density at radius 3 is 2.70 bits per heavy atom. The molecule has 0 aliphatic heterocycles. The van der Waals surface area contributed by atoms with Crippen molar-refractivity contribution >= 4 is 28.4 Å². The Balaban J connectivity index is 1.94. The number of carbonyl (C=O) groups is 1. The number of amides is 1. The van der Waals surface area contributed by atoms with Crippen LogP contribution in [0.2, 0.25) is 5.02 Å². The van der Waals surface area contributed by atoms with E-state index < -0.39 is 11.3 Å². The van der Waals surface area contributed by atoms with Gasteiger partial charge < -0.3 is 10.0 Å². The van der Waals surface area contributed by atoms with E-state index in [1.165, 1.54) is 4.90 Å². The number of carbonyl (C=O) groups excluding carboxylic acids is 1. The zero-order valence-corrected chi connectivity index (χ0v) is 15.2. The summed E-state index contributed by atoms with van der Waals surface area (Å²) in [6.07, 6.45) is 0. The molecule has 0 spiro atoms. The van der Waals surface area contributed by atoms with Gasteiger partial charge in [0, 0.05) is 18.6 Å². The van der Waals surface area contributed by atoms with Crippen LogP contribution in [0.3, 0.4) is 0 Å². The van der Waals surface area contributed by atoms with Crippen molar-refractivity contribution in [3.63, 3.8) is 0 Å². The number of H-pyrrole nitrogens is 1. The minimum Gasteiger partial charge on any atom is -0.384 e. The van der Waals surface area contributed by atoms with Crippen molar-refractivity contribution in [3.8, 4) is 11.8 Å². The second kappa shape index (κ2) is 8.04. The monoisotopic (exact) mass is 381 g/mol. The molecule has 27 heavy (non-hydrogen) atoms. The normalized spacial score (nSPS) is 10.3. The van der Waals surface area contributed by atoms with Gasteiger partial charge >= 0.3 is 0 Å². The highest BCUT2D eigenvalue weighted by atomic mass is 35.5. The van der Waals surface area contributed by atoms with Crippen LogP contribution in [0.25, 0.3) is 10.9 Å². The Hall–Kier alpha value is -3.14. The van der Waals surface area contributed by atoms with Crippen LogP contribution in [-0.4, -0.2) is 39.8 Å². The van der Waals surface area contributed by atoms with Crippen LogP contribution in [0, 0.1) is 11.8 Å². The molecule has 3 rings (SSSR count). The first-order valence-electron chi connectivity index (χ1n) is 8.12. The number of nitrogens with zero attached hydrogens (tertiary/aromatic N) is 2. The summed E-state index contributed by atoms with van der Waals surface area (Å²) in [5, 5.41) is 16.5. The van der Waals surface area contributed by atoms with Gasteiger partial charge in [-0.25, -0.2) is 0 Å². The van der Waals surface area contributed by atoms with Crippen LogP contribution < -0.4 is 5.43 Å². The summed E-state index contributed by atoms with van der Waals surface area (Å²) in [7, 11) is 1.60. The minimum absolute atomic E-state index is 0.189. The first-order valence-corrected chi connectivity index (χ1v) is 8.50. The van der Waals surface area contributed by atoms with Gasteiger partial charge in [-0.2, -0.15) is 5.10 Å². The van der Waals surface area contributed by atoms with Crippen LogP contribution in [0.1, 0.15) is 21.6 Å². The van der Waals surface area contributed by atoms with E-state index in [4.69, 9.17) is 16.7 Å². The van der Waals surface area contributed by atoms with Gasteiger partial charge in [0.05, 0.1) is 16.5 Å². The van der Waals surface area contributed by atoms with Gasteiger partial charge in [0.25, 0.3) is 5.91 Å². The maximum Gasteiger partial charge on any atom is 0.278 e. The van der Waals surface area contributed by atoms with Gasteiger partial charge in [-0.05, 0) is 29.8 Å². The summed E-state index contributed by atoms with van der Waals surface area (Å²) in [4.78, 5) is 26.9. The summed E-state index contributed by atoms with van der Waals surface area (Å²) < 4.78 is 0. The van der Waals surface area contributed by atoms with Crippen LogP contribution in [0.15, 0.2) is 47.3 Å². The number of fused-ring (bicyclic) bond motifs is 1. The first kappa shape index (κ1) is 18.6. The van der Waals surface area contributed by atoms with Crippen molar-refractivity contribution in [3.05, 3.63) is 74.5 Å². The number of hydrogen-bond donors (Lipinski definition) is 2. The number of aromatic nitrogens is 2.